The van der Waals surface area contributed by atoms with Gasteiger partial charge in [0.2, 0.25) is 0 Å². The number of methoxy groups -OCH3 is 1. The molecule has 4 rings (SSSR count). The summed E-state index contributed by atoms with van der Waals surface area (Å²) in [4.78, 5) is 21.3. The highest BCUT2D eigenvalue weighted by Gasteiger charge is 2.22. The van der Waals surface area contributed by atoms with E-state index in [1.807, 2.05) is 46.7 Å². The molecule has 1 saturated heterocycles. The molecule has 0 bridgehead atoms. The molecule has 0 saturated carbocycles. The van der Waals surface area contributed by atoms with Gasteiger partial charge in [-0.05, 0) is 42.0 Å². The van der Waals surface area contributed by atoms with Gasteiger partial charge in [-0.15, -0.1) is 11.3 Å². The Bertz CT molecular complexity index is 935. The number of thiazole rings is 1. The van der Waals surface area contributed by atoms with Crippen LogP contribution in [0.1, 0.15) is 21.6 Å². The predicted octanol–water partition coefficient (Wildman–Crippen LogP) is 3.69. The third-order valence-corrected chi connectivity index (χ3v) is 5.83. The molecule has 0 spiro atoms. The van der Waals surface area contributed by atoms with Crippen molar-refractivity contribution < 1.29 is 14.3 Å². The summed E-state index contributed by atoms with van der Waals surface area (Å²) in [5.41, 5.74) is 4.65. The van der Waals surface area contributed by atoms with Crippen LogP contribution < -0.4 is 9.47 Å². The van der Waals surface area contributed by atoms with E-state index >= 15 is 0 Å². The largest absolute Gasteiger partial charge is 0.497 e. The Morgan fingerprint density at radius 1 is 1.00 bits per heavy atom. The molecule has 1 amide bonds. The van der Waals surface area contributed by atoms with Crippen LogP contribution in [0, 0.1) is 0 Å². The molecule has 0 aliphatic carbocycles. The number of aromatic nitrogens is 1. The van der Waals surface area contributed by atoms with Crippen molar-refractivity contribution in [3.8, 4) is 11.5 Å². The average molecular weight is 424 g/mol. The van der Waals surface area contributed by atoms with E-state index in [0.29, 0.717) is 12.2 Å². The normalized spacial score (nSPS) is 14.5. The van der Waals surface area contributed by atoms with Crippen molar-refractivity contribution in [2.75, 3.05) is 33.3 Å². The van der Waals surface area contributed by atoms with Crippen molar-refractivity contribution in [2.24, 2.45) is 0 Å². The summed E-state index contributed by atoms with van der Waals surface area (Å²) in [5.74, 6) is 1.68. The summed E-state index contributed by atoms with van der Waals surface area (Å²) < 4.78 is 10.9. The fraction of sp³-hybridized carbons (Fsp3) is 0.304. The van der Waals surface area contributed by atoms with Crippen LogP contribution in [0.25, 0.3) is 0 Å². The lowest BCUT2D eigenvalue weighted by Gasteiger charge is -2.34. The van der Waals surface area contributed by atoms with Gasteiger partial charge in [0.15, 0.2) is 0 Å². The Kier molecular flexibility index (Phi) is 6.61. The van der Waals surface area contributed by atoms with Gasteiger partial charge in [0.05, 0.1) is 18.3 Å². The van der Waals surface area contributed by atoms with Crippen LogP contribution in [0.4, 0.5) is 0 Å². The molecule has 1 aromatic heterocycles. The summed E-state index contributed by atoms with van der Waals surface area (Å²) in [6, 6.07) is 15.5. The highest BCUT2D eigenvalue weighted by Crippen LogP contribution is 2.18. The fourth-order valence-electron chi connectivity index (χ4n) is 3.44. The minimum atomic E-state index is 0.0742. The van der Waals surface area contributed by atoms with Crippen LogP contribution in [0.3, 0.4) is 0 Å². The molecule has 0 atom stereocenters. The molecule has 30 heavy (non-hydrogen) atoms. The van der Waals surface area contributed by atoms with E-state index in [4.69, 9.17) is 9.47 Å². The zero-order valence-corrected chi connectivity index (χ0v) is 17.8. The maximum atomic E-state index is 12.8. The lowest BCUT2D eigenvalue weighted by Crippen LogP contribution is -2.48. The van der Waals surface area contributed by atoms with Gasteiger partial charge in [-0.2, -0.15) is 0 Å². The maximum Gasteiger partial charge on any atom is 0.253 e. The number of hydrogen-bond donors (Lipinski definition) is 0. The monoisotopic (exact) mass is 423 g/mol. The smallest absolute Gasteiger partial charge is 0.253 e. The zero-order valence-electron chi connectivity index (χ0n) is 17.0. The number of piperazine rings is 1. The van der Waals surface area contributed by atoms with Crippen LogP contribution in [0.15, 0.2) is 59.4 Å². The Morgan fingerprint density at radius 3 is 2.33 bits per heavy atom. The van der Waals surface area contributed by atoms with Crippen molar-refractivity contribution in [1.82, 2.24) is 14.8 Å². The SMILES string of the molecule is COc1ccc(CN2CCN(C(=O)c3ccc(OCc4cscn4)cc3)CC2)cc1. The summed E-state index contributed by atoms with van der Waals surface area (Å²) in [7, 11) is 1.68. The highest BCUT2D eigenvalue weighted by atomic mass is 32.1. The van der Waals surface area contributed by atoms with Crippen molar-refractivity contribution in [3.05, 3.63) is 76.2 Å². The summed E-state index contributed by atoms with van der Waals surface area (Å²) >= 11 is 1.55. The van der Waals surface area contributed by atoms with Gasteiger partial charge in [0.1, 0.15) is 18.1 Å². The number of rotatable bonds is 7. The van der Waals surface area contributed by atoms with Crippen LogP contribution in [0.5, 0.6) is 11.5 Å². The molecule has 2 aromatic carbocycles. The molecule has 1 fully saturated rings. The van der Waals surface area contributed by atoms with Gasteiger partial charge < -0.3 is 14.4 Å². The number of carbonyl (C=O) groups is 1. The molecule has 1 aliphatic rings. The first-order valence-electron chi connectivity index (χ1n) is 9.96. The van der Waals surface area contributed by atoms with Crippen LogP contribution in [0.2, 0.25) is 0 Å². The number of hydrogen-bond acceptors (Lipinski definition) is 6. The molecule has 0 radical (unpaired) electrons. The van der Waals surface area contributed by atoms with Gasteiger partial charge in [-0.25, -0.2) is 4.98 Å². The van der Waals surface area contributed by atoms with E-state index in [1.54, 1.807) is 24.0 Å². The number of carbonyl (C=O) groups excluding carboxylic acids is 1. The second-order valence-corrected chi connectivity index (χ2v) is 7.93. The molecular weight excluding hydrogens is 398 g/mol. The number of benzene rings is 2. The fourth-order valence-corrected chi connectivity index (χ4v) is 3.98. The molecule has 7 heteroatoms. The molecule has 2 heterocycles. The van der Waals surface area contributed by atoms with Crippen molar-refractivity contribution in [2.45, 2.75) is 13.2 Å². The minimum Gasteiger partial charge on any atom is -0.497 e. The number of amides is 1. The van der Waals surface area contributed by atoms with E-state index in [1.165, 1.54) is 5.56 Å². The molecular formula is C23H25N3O3S. The van der Waals surface area contributed by atoms with Gasteiger partial charge in [0.25, 0.3) is 5.91 Å². The van der Waals surface area contributed by atoms with E-state index in [-0.39, 0.29) is 5.91 Å². The second kappa shape index (κ2) is 9.73. The molecule has 1 aliphatic heterocycles. The molecule has 6 nitrogen and oxygen atoms in total. The quantitative estimate of drug-likeness (QED) is 0.580. The first kappa shape index (κ1) is 20.4. The lowest BCUT2D eigenvalue weighted by atomic mass is 10.1. The summed E-state index contributed by atoms with van der Waals surface area (Å²) in [6.07, 6.45) is 0. The van der Waals surface area contributed by atoms with Crippen molar-refractivity contribution in [1.29, 1.82) is 0 Å². The van der Waals surface area contributed by atoms with Gasteiger partial charge in [-0.3, -0.25) is 9.69 Å². The maximum absolute atomic E-state index is 12.8. The van der Waals surface area contributed by atoms with Gasteiger partial charge in [0, 0.05) is 43.7 Å². The third kappa shape index (κ3) is 5.17. The lowest BCUT2D eigenvalue weighted by molar-refractivity contribution is 0.0628. The Labute approximate surface area is 180 Å². The predicted molar refractivity (Wildman–Crippen MR) is 117 cm³/mol. The Morgan fingerprint density at radius 2 is 1.70 bits per heavy atom. The van der Waals surface area contributed by atoms with Gasteiger partial charge >= 0.3 is 0 Å². The summed E-state index contributed by atoms with van der Waals surface area (Å²) in [6.45, 7) is 4.53. The Hall–Kier alpha value is -2.90. The van der Waals surface area contributed by atoms with Crippen LogP contribution in [-0.4, -0.2) is 54.0 Å². The first-order valence-corrected chi connectivity index (χ1v) is 10.9. The molecule has 0 unspecified atom stereocenters. The highest BCUT2D eigenvalue weighted by molar-refractivity contribution is 7.07. The zero-order chi connectivity index (χ0) is 20.8. The second-order valence-electron chi connectivity index (χ2n) is 7.21. The summed E-state index contributed by atoms with van der Waals surface area (Å²) in [5, 5.41) is 1.96. The van der Waals surface area contributed by atoms with Crippen molar-refractivity contribution >= 4 is 17.2 Å². The molecule has 156 valence electrons. The Balaban J connectivity index is 1.26. The van der Waals surface area contributed by atoms with E-state index in [0.717, 1.165) is 49.9 Å². The average Bonchev–Trinajstić information content (AvgIpc) is 3.32. The van der Waals surface area contributed by atoms with E-state index in [2.05, 4.69) is 22.0 Å². The number of nitrogens with zero attached hydrogens (tertiary/aromatic N) is 3. The third-order valence-electron chi connectivity index (χ3n) is 5.20. The number of ether oxygens (including phenoxy) is 2. The van der Waals surface area contributed by atoms with Crippen LogP contribution in [-0.2, 0) is 13.2 Å². The van der Waals surface area contributed by atoms with E-state index < -0.39 is 0 Å². The first-order chi connectivity index (χ1) is 14.7. The van der Waals surface area contributed by atoms with Crippen molar-refractivity contribution in [3.63, 3.8) is 0 Å². The standard InChI is InChI=1S/C23H25N3O3S/c1-28-21-6-2-18(3-7-21)14-25-10-12-26(13-11-25)23(27)19-4-8-22(9-5-19)29-15-20-16-30-17-24-20/h2-9,16-17H,10-15H2,1H3. The molecule has 0 N–H and O–H groups in total. The topological polar surface area (TPSA) is 54.9 Å². The van der Waals surface area contributed by atoms with Crippen LogP contribution >= 0.6 is 11.3 Å². The minimum absolute atomic E-state index is 0.0742. The molecule has 3 aromatic rings. The van der Waals surface area contributed by atoms with E-state index in [9.17, 15) is 4.79 Å². The van der Waals surface area contributed by atoms with Gasteiger partial charge in [-0.1, -0.05) is 12.1 Å².